The lowest BCUT2D eigenvalue weighted by Gasteiger charge is -2.33. The fraction of sp³-hybridized carbons (Fsp3) is 0.500. The predicted molar refractivity (Wildman–Crippen MR) is 80.8 cm³/mol. The lowest BCUT2D eigenvalue weighted by atomic mass is 10.1. The van der Waals surface area contributed by atoms with Crippen molar-refractivity contribution in [3.05, 3.63) is 35.4 Å². The van der Waals surface area contributed by atoms with Gasteiger partial charge in [-0.2, -0.15) is 4.31 Å². The molecule has 0 aliphatic carbocycles. The minimum absolute atomic E-state index is 0.0956. The Labute approximate surface area is 125 Å². The van der Waals surface area contributed by atoms with E-state index in [0.717, 1.165) is 5.56 Å². The average molecular weight is 311 g/mol. The number of nitrogens with two attached hydrogens (primary N) is 1. The van der Waals surface area contributed by atoms with Crippen LogP contribution in [0.25, 0.3) is 0 Å². The molecule has 1 amide bonds. The van der Waals surface area contributed by atoms with Gasteiger partial charge in [0.05, 0.1) is 5.75 Å². The molecule has 0 saturated carbocycles. The Morgan fingerprint density at radius 2 is 1.90 bits per heavy atom. The summed E-state index contributed by atoms with van der Waals surface area (Å²) < 4.78 is 26.4. The number of nitrogens with zero attached hydrogens (tertiary/aromatic N) is 1. The fourth-order valence-corrected chi connectivity index (χ4v) is 4.26. The number of carbonyl (C=O) groups is 1. The van der Waals surface area contributed by atoms with Crippen molar-refractivity contribution in [1.82, 2.24) is 9.62 Å². The molecule has 0 radical (unpaired) electrons. The highest BCUT2D eigenvalue weighted by molar-refractivity contribution is 7.88. The third-order valence-corrected chi connectivity index (χ3v) is 5.48. The summed E-state index contributed by atoms with van der Waals surface area (Å²) in [5.74, 6) is -0.312. The van der Waals surface area contributed by atoms with Crippen LogP contribution in [0.15, 0.2) is 24.3 Å². The highest BCUT2D eigenvalue weighted by Crippen LogP contribution is 2.18. The summed E-state index contributed by atoms with van der Waals surface area (Å²) in [5.41, 5.74) is 7.18. The molecule has 1 heterocycles. The van der Waals surface area contributed by atoms with Gasteiger partial charge in [0.2, 0.25) is 15.9 Å². The lowest BCUT2D eigenvalue weighted by Crippen LogP contribution is -2.56. The number of rotatable bonds is 5. The number of nitrogens with one attached hydrogen (secondary N) is 1. The van der Waals surface area contributed by atoms with Crippen LogP contribution in [-0.4, -0.2) is 37.8 Å². The average Bonchev–Trinajstić information content (AvgIpc) is 2.47. The van der Waals surface area contributed by atoms with Gasteiger partial charge in [-0.05, 0) is 17.5 Å². The van der Waals surface area contributed by atoms with Crippen molar-refractivity contribution >= 4 is 15.9 Å². The Balaban J connectivity index is 2.18. The predicted octanol–water partition coefficient (Wildman–Crippen LogP) is 0.186. The molecule has 1 aromatic carbocycles. The second kappa shape index (κ2) is 6.55. The number of sulfonamides is 1. The quantitative estimate of drug-likeness (QED) is 0.811. The number of piperazine rings is 1. The van der Waals surface area contributed by atoms with Crippen LogP contribution in [0.5, 0.6) is 0 Å². The van der Waals surface area contributed by atoms with Crippen LogP contribution >= 0.6 is 0 Å². The van der Waals surface area contributed by atoms with Crippen molar-refractivity contribution in [3.63, 3.8) is 0 Å². The van der Waals surface area contributed by atoms with Gasteiger partial charge in [0, 0.05) is 19.6 Å². The van der Waals surface area contributed by atoms with Gasteiger partial charge < -0.3 is 11.1 Å². The van der Waals surface area contributed by atoms with Crippen molar-refractivity contribution in [2.45, 2.75) is 31.7 Å². The Hall–Kier alpha value is -1.44. The van der Waals surface area contributed by atoms with Gasteiger partial charge in [0.15, 0.2) is 0 Å². The largest absolute Gasteiger partial charge is 0.353 e. The number of amides is 1. The first-order chi connectivity index (χ1) is 9.97. The summed E-state index contributed by atoms with van der Waals surface area (Å²) >= 11 is 0. The van der Waals surface area contributed by atoms with E-state index >= 15 is 0 Å². The van der Waals surface area contributed by atoms with E-state index < -0.39 is 16.1 Å². The summed E-state index contributed by atoms with van der Waals surface area (Å²) in [6.07, 6.45) is 0.469. The zero-order chi connectivity index (χ0) is 15.5. The van der Waals surface area contributed by atoms with Crippen LogP contribution in [-0.2, 0) is 27.1 Å². The van der Waals surface area contributed by atoms with E-state index in [1.807, 2.05) is 19.1 Å². The van der Waals surface area contributed by atoms with Crippen LogP contribution < -0.4 is 11.1 Å². The zero-order valence-electron chi connectivity index (χ0n) is 12.1. The van der Waals surface area contributed by atoms with Crippen LogP contribution in [0.2, 0.25) is 0 Å². The number of carbonyl (C=O) groups excluding carboxylic acids is 1. The maximum Gasteiger partial charge on any atom is 0.238 e. The van der Waals surface area contributed by atoms with E-state index in [9.17, 15) is 13.2 Å². The SMILES string of the molecule is CCC1C(=O)NCCN1S(=O)(=O)Cc1ccc(CN)cc1. The Morgan fingerprint density at radius 1 is 1.29 bits per heavy atom. The first-order valence-corrected chi connectivity index (χ1v) is 8.64. The molecule has 1 aromatic rings. The van der Waals surface area contributed by atoms with Gasteiger partial charge in [-0.1, -0.05) is 31.2 Å². The van der Waals surface area contributed by atoms with Gasteiger partial charge in [-0.15, -0.1) is 0 Å². The minimum Gasteiger partial charge on any atom is -0.353 e. The minimum atomic E-state index is -3.51. The molecule has 0 bridgehead atoms. The van der Waals surface area contributed by atoms with Crippen LogP contribution in [0, 0.1) is 0 Å². The van der Waals surface area contributed by atoms with Gasteiger partial charge in [0.25, 0.3) is 0 Å². The molecule has 0 aromatic heterocycles. The monoisotopic (exact) mass is 311 g/mol. The smallest absolute Gasteiger partial charge is 0.238 e. The van der Waals surface area contributed by atoms with E-state index in [-0.39, 0.29) is 11.7 Å². The molecule has 2 rings (SSSR count). The molecule has 1 atom stereocenters. The maximum atomic E-state index is 12.5. The molecule has 1 aliphatic rings. The highest BCUT2D eigenvalue weighted by atomic mass is 32.2. The standard InChI is InChI=1S/C14H21N3O3S/c1-2-13-14(18)16-7-8-17(13)21(19,20)10-12-5-3-11(9-15)4-6-12/h3-6,13H,2,7-10,15H2,1H3,(H,16,18). The van der Waals surface area contributed by atoms with Gasteiger partial charge in [-0.25, -0.2) is 8.42 Å². The summed E-state index contributed by atoms with van der Waals surface area (Å²) in [4.78, 5) is 11.8. The zero-order valence-corrected chi connectivity index (χ0v) is 12.9. The number of hydrogen-bond donors (Lipinski definition) is 2. The summed E-state index contributed by atoms with van der Waals surface area (Å²) in [6, 6.07) is 6.58. The van der Waals surface area contributed by atoms with E-state index in [4.69, 9.17) is 5.73 Å². The second-order valence-electron chi connectivity index (χ2n) is 5.10. The van der Waals surface area contributed by atoms with E-state index in [0.29, 0.717) is 31.6 Å². The van der Waals surface area contributed by atoms with Crippen LogP contribution in [0.4, 0.5) is 0 Å². The fourth-order valence-electron chi connectivity index (χ4n) is 2.48. The van der Waals surface area contributed by atoms with Crippen molar-refractivity contribution in [1.29, 1.82) is 0 Å². The first-order valence-electron chi connectivity index (χ1n) is 7.03. The maximum absolute atomic E-state index is 12.5. The van der Waals surface area contributed by atoms with E-state index in [1.165, 1.54) is 4.31 Å². The molecular weight excluding hydrogens is 290 g/mol. The van der Waals surface area contributed by atoms with E-state index in [1.54, 1.807) is 12.1 Å². The van der Waals surface area contributed by atoms with Crippen LogP contribution in [0.1, 0.15) is 24.5 Å². The third kappa shape index (κ3) is 3.61. The molecule has 1 aliphatic heterocycles. The molecule has 7 heteroatoms. The van der Waals surface area contributed by atoms with Gasteiger partial charge >= 0.3 is 0 Å². The van der Waals surface area contributed by atoms with Crippen molar-refractivity contribution in [3.8, 4) is 0 Å². The first kappa shape index (κ1) is 15.9. The van der Waals surface area contributed by atoms with Gasteiger partial charge in [0.1, 0.15) is 6.04 Å². The normalized spacial score (nSPS) is 20.3. The Morgan fingerprint density at radius 3 is 2.48 bits per heavy atom. The molecule has 21 heavy (non-hydrogen) atoms. The van der Waals surface area contributed by atoms with Crippen molar-refractivity contribution in [2.75, 3.05) is 13.1 Å². The molecule has 6 nitrogen and oxygen atoms in total. The Bertz CT molecular complexity index is 598. The van der Waals surface area contributed by atoms with E-state index in [2.05, 4.69) is 5.32 Å². The molecule has 0 spiro atoms. The second-order valence-corrected chi connectivity index (χ2v) is 7.02. The van der Waals surface area contributed by atoms with Crippen molar-refractivity contribution in [2.24, 2.45) is 5.73 Å². The Kier molecular flexibility index (Phi) is 4.97. The lowest BCUT2D eigenvalue weighted by molar-refractivity contribution is -0.126. The number of benzene rings is 1. The molecule has 1 saturated heterocycles. The summed E-state index contributed by atoms with van der Waals surface area (Å²) in [5, 5.41) is 2.71. The highest BCUT2D eigenvalue weighted by Gasteiger charge is 2.36. The molecule has 116 valence electrons. The van der Waals surface area contributed by atoms with Gasteiger partial charge in [-0.3, -0.25) is 4.79 Å². The summed E-state index contributed by atoms with van der Waals surface area (Å²) in [6.45, 7) is 2.93. The summed E-state index contributed by atoms with van der Waals surface area (Å²) in [7, 11) is -3.51. The third-order valence-electron chi connectivity index (χ3n) is 3.63. The number of hydrogen-bond acceptors (Lipinski definition) is 4. The topological polar surface area (TPSA) is 92.5 Å². The van der Waals surface area contributed by atoms with Crippen LogP contribution in [0.3, 0.4) is 0 Å². The molecule has 1 fully saturated rings. The molecule has 3 N–H and O–H groups in total. The molecular formula is C14H21N3O3S. The van der Waals surface area contributed by atoms with Crippen molar-refractivity contribution < 1.29 is 13.2 Å². The molecule has 1 unspecified atom stereocenters.